The summed E-state index contributed by atoms with van der Waals surface area (Å²) < 4.78 is 12.1. The van der Waals surface area contributed by atoms with Crippen LogP contribution in [0.3, 0.4) is 0 Å². The van der Waals surface area contributed by atoms with E-state index in [1.807, 2.05) is 49.4 Å². The Bertz CT molecular complexity index is 1190. The maximum Gasteiger partial charge on any atom is 0.232 e. The molecule has 5 rings (SSSR count). The van der Waals surface area contributed by atoms with Crippen molar-refractivity contribution in [2.75, 3.05) is 13.3 Å². The second kappa shape index (κ2) is 8.17. The largest absolute Gasteiger partial charge is 0.478 e. The van der Waals surface area contributed by atoms with Gasteiger partial charge in [0.15, 0.2) is 5.76 Å². The molecular weight excluding hydrogens is 412 g/mol. The van der Waals surface area contributed by atoms with Gasteiger partial charge in [-0.3, -0.25) is 14.7 Å². The van der Waals surface area contributed by atoms with Gasteiger partial charge in [-0.2, -0.15) is 0 Å². The molecule has 0 atom stereocenters. The molecule has 0 saturated carbocycles. The molecule has 0 aliphatic carbocycles. The van der Waals surface area contributed by atoms with E-state index in [1.165, 1.54) is 0 Å². The number of fused-ring (bicyclic) bond motifs is 3. The third-order valence-corrected chi connectivity index (χ3v) is 6.02. The predicted octanol–water partition coefficient (Wildman–Crippen LogP) is 5.05. The molecule has 3 heterocycles. The number of pyridine rings is 1. The summed E-state index contributed by atoms with van der Waals surface area (Å²) in [5.41, 5.74) is 4.38. The van der Waals surface area contributed by atoms with Gasteiger partial charge in [0.2, 0.25) is 5.78 Å². The highest BCUT2D eigenvalue weighted by Gasteiger charge is 2.35. The van der Waals surface area contributed by atoms with Crippen LogP contribution in [0.2, 0.25) is 5.02 Å². The molecule has 0 fully saturated rings. The fourth-order valence-corrected chi connectivity index (χ4v) is 4.24. The molecule has 1 aromatic heterocycles. The summed E-state index contributed by atoms with van der Waals surface area (Å²) in [6, 6.07) is 13.5. The van der Waals surface area contributed by atoms with Gasteiger partial charge in [0, 0.05) is 30.5 Å². The van der Waals surface area contributed by atoms with Gasteiger partial charge in [0.25, 0.3) is 0 Å². The summed E-state index contributed by atoms with van der Waals surface area (Å²) in [5.74, 6) is 1.62. The van der Waals surface area contributed by atoms with E-state index in [-0.39, 0.29) is 5.78 Å². The number of carbonyl (C=O) groups is 1. The smallest absolute Gasteiger partial charge is 0.232 e. The highest BCUT2D eigenvalue weighted by Crippen LogP contribution is 2.44. The van der Waals surface area contributed by atoms with Crippen LogP contribution in [0, 0.1) is 6.92 Å². The van der Waals surface area contributed by atoms with E-state index in [0.717, 1.165) is 46.0 Å². The van der Waals surface area contributed by atoms with Gasteiger partial charge in [0.1, 0.15) is 18.2 Å². The molecule has 2 aliphatic heterocycles. The second-order valence-electron chi connectivity index (χ2n) is 7.76. The van der Waals surface area contributed by atoms with Gasteiger partial charge < -0.3 is 9.47 Å². The molecule has 0 saturated heterocycles. The third-order valence-electron chi connectivity index (χ3n) is 5.65. The van der Waals surface area contributed by atoms with Crippen LogP contribution in [0.5, 0.6) is 11.5 Å². The number of ether oxygens (including phenoxy) is 2. The van der Waals surface area contributed by atoms with Crippen molar-refractivity contribution in [2.24, 2.45) is 0 Å². The topological polar surface area (TPSA) is 51.7 Å². The first-order valence-electron chi connectivity index (χ1n) is 10.2. The van der Waals surface area contributed by atoms with Crippen molar-refractivity contribution in [3.63, 3.8) is 0 Å². The molecule has 31 heavy (non-hydrogen) atoms. The number of allylic oxidation sites excluding steroid dienone is 1. The van der Waals surface area contributed by atoms with Crippen LogP contribution >= 0.6 is 11.6 Å². The highest BCUT2D eigenvalue weighted by atomic mass is 35.5. The molecule has 0 N–H and O–H groups in total. The zero-order chi connectivity index (χ0) is 21.4. The average molecular weight is 433 g/mol. The normalized spacial score (nSPS) is 16.6. The molecule has 0 bridgehead atoms. The molecule has 0 amide bonds. The van der Waals surface area contributed by atoms with Crippen LogP contribution in [0.1, 0.15) is 32.6 Å². The third kappa shape index (κ3) is 3.82. The zero-order valence-corrected chi connectivity index (χ0v) is 17.9. The van der Waals surface area contributed by atoms with Crippen LogP contribution < -0.4 is 9.47 Å². The summed E-state index contributed by atoms with van der Waals surface area (Å²) in [4.78, 5) is 19.3. The summed E-state index contributed by atoms with van der Waals surface area (Å²) in [7, 11) is 0. The summed E-state index contributed by atoms with van der Waals surface area (Å²) in [6.45, 7) is 3.85. The van der Waals surface area contributed by atoms with Crippen molar-refractivity contribution >= 4 is 23.5 Å². The van der Waals surface area contributed by atoms with E-state index in [0.29, 0.717) is 30.3 Å². The van der Waals surface area contributed by atoms with Crippen molar-refractivity contribution in [3.8, 4) is 11.5 Å². The Morgan fingerprint density at radius 1 is 1.19 bits per heavy atom. The monoisotopic (exact) mass is 432 g/mol. The quantitative estimate of drug-likeness (QED) is 0.540. The molecule has 3 aromatic rings. The van der Waals surface area contributed by atoms with Crippen molar-refractivity contribution in [3.05, 3.63) is 93.5 Å². The molecule has 156 valence electrons. The Labute approximate surface area is 185 Å². The summed E-state index contributed by atoms with van der Waals surface area (Å²) >= 11 is 6.30. The van der Waals surface area contributed by atoms with Crippen molar-refractivity contribution in [1.29, 1.82) is 0 Å². The molecule has 5 nitrogen and oxygen atoms in total. The Hall–Kier alpha value is -3.15. The lowest BCUT2D eigenvalue weighted by Crippen LogP contribution is -2.34. The number of nitrogens with zero attached hydrogens (tertiary/aromatic N) is 2. The Morgan fingerprint density at radius 3 is 2.81 bits per heavy atom. The van der Waals surface area contributed by atoms with E-state index in [1.54, 1.807) is 18.5 Å². The number of hydrogen-bond donors (Lipinski definition) is 0. The molecule has 0 radical (unpaired) electrons. The van der Waals surface area contributed by atoms with Gasteiger partial charge >= 0.3 is 0 Å². The van der Waals surface area contributed by atoms with E-state index in [2.05, 4.69) is 9.88 Å². The van der Waals surface area contributed by atoms with Gasteiger partial charge in [0.05, 0.1) is 11.1 Å². The molecule has 2 aliphatic rings. The first kappa shape index (κ1) is 19.8. The minimum atomic E-state index is -0.0969. The van der Waals surface area contributed by atoms with Crippen molar-refractivity contribution < 1.29 is 14.3 Å². The average Bonchev–Trinajstić information content (AvgIpc) is 3.11. The molecule has 2 aromatic carbocycles. The lowest BCUT2D eigenvalue weighted by Gasteiger charge is -2.30. The predicted molar refractivity (Wildman–Crippen MR) is 119 cm³/mol. The maximum absolute atomic E-state index is 13.1. The number of aryl methyl sites for hydroxylation is 1. The lowest BCUT2D eigenvalue weighted by atomic mass is 9.98. The van der Waals surface area contributed by atoms with E-state index < -0.39 is 0 Å². The van der Waals surface area contributed by atoms with Gasteiger partial charge in [-0.05, 0) is 60.4 Å². The number of halogens is 1. The van der Waals surface area contributed by atoms with Gasteiger partial charge in [-0.25, -0.2) is 0 Å². The van der Waals surface area contributed by atoms with E-state index in [9.17, 15) is 4.79 Å². The fourth-order valence-electron chi connectivity index (χ4n) is 4.01. The van der Waals surface area contributed by atoms with Crippen molar-refractivity contribution in [1.82, 2.24) is 9.88 Å². The number of aromatic nitrogens is 1. The van der Waals surface area contributed by atoms with Crippen LogP contribution in [-0.4, -0.2) is 28.9 Å². The zero-order valence-electron chi connectivity index (χ0n) is 17.1. The van der Waals surface area contributed by atoms with Crippen LogP contribution in [0.15, 0.2) is 60.6 Å². The maximum atomic E-state index is 13.1. The number of benzene rings is 2. The molecule has 0 unspecified atom stereocenters. The SMILES string of the molecule is Cc1cc2c(c3c1C(=O)/C(=C/c1ccncc1)O3)CN(CCc1ccccc1Cl)CO2. The number of Topliss-reactive ketones (excluding diaryl/α,β-unsaturated/α-hetero) is 1. The summed E-state index contributed by atoms with van der Waals surface area (Å²) in [6.07, 6.45) is 5.96. The fraction of sp³-hybridized carbons (Fsp3) is 0.200. The standard InChI is InChI=1S/C25H21ClN2O3/c1-16-12-21-19(14-28(15-30-21)11-8-18-4-2-3-5-20(18)26)25-23(16)24(29)22(31-25)13-17-6-9-27-10-7-17/h2-7,9-10,12-13H,8,11,14-15H2,1H3/b22-13-. The van der Waals surface area contributed by atoms with Crippen LogP contribution in [-0.2, 0) is 13.0 Å². The Kier molecular flexibility index (Phi) is 5.22. The highest BCUT2D eigenvalue weighted by molar-refractivity contribution is 6.31. The van der Waals surface area contributed by atoms with Crippen LogP contribution in [0.4, 0.5) is 0 Å². The minimum absolute atomic E-state index is 0.0969. The van der Waals surface area contributed by atoms with Gasteiger partial charge in [-0.15, -0.1) is 0 Å². The number of hydrogen-bond acceptors (Lipinski definition) is 5. The number of carbonyl (C=O) groups excluding carboxylic acids is 1. The Balaban J connectivity index is 1.41. The minimum Gasteiger partial charge on any atom is -0.478 e. The number of rotatable bonds is 4. The van der Waals surface area contributed by atoms with Crippen LogP contribution in [0.25, 0.3) is 6.08 Å². The van der Waals surface area contributed by atoms with Crippen molar-refractivity contribution in [2.45, 2.75) is 19.9 Å². The number of ketones is 1. The Morgan fingerprint density at radius 2 is 2.00 bits per heavy atom. The molecule has 0 spiro atoms. The van der Waals surface area contributed by atoms with Gasteiger partial charge in [-0.1, -0.05) is 29.8 Å². The second-order valence-corrected chi connectivity index (χ2v) is 8.17. The summed E-state index contributed by atoms with van der Waals surface area (Å²) in [5, 5.41) is 0.775. The molecular formula is C25H21ClN2O3. The first-order chi connectivity index (χ1) is 15.1. The van der Waals surface area contributed by atoms with E-state index in [4.69, 9.17) is 21.1 Å². The lowest BCUT2D eigenvalue weighted by molar-refractivity contribution is 0.0949. The molecule has 6 heteroatoms. The first-order valence-corrected chi connectivity index (χ1v) is 10.6. The van der Waals surface area contributed by atoms with E-state index >= 15 is 0 Å².